The van der Waals surface area contributed by atoms with E-state index in [-0.39, 0.29) is 30.5 Å². The molecule has 1 aliphatic heterocycles. The number of halogens is 3. The minimum Gasteiger partial charge on any atom is -0.495 e. The maximum absolute atomic E-state index is 13.2. The van der Waals surface area contributed by atoms with E-state index in [1.807, 2.05) is 0 Å². The number of alkyl halides is 3. The highest BCUT2D eigenvalue weighted by atomic mass is 19.4. The van der Waals surface area contributed by atoms with Crippen molar-refractivity contribution in [3.05, 3.63) is 59.7 Å². The molecule has 0 unspecified atom stereocenters. The number of benzene rings is 2. The lowest BCUT2D eigenvalue weighted by molar-refractivity contribution is -0.138. The topological polar surface area (TPSA) is 58.6 Å². The molecule has 1 aliphatic rings. The Balaban J connectivity index is 1.64. The SMILES string of the molecule is COc1ccccc1NC(=O)C1CCN(C(=O)c2ccccc2C(F)(F)F)CC1. The number of rotatable bonds is 4. The van der Waals surface area contributed by atoms with Gasteiger partial charge in [-0.25, -0.2) is 0 Å². The summed E-state index contributed by atoms with van der Waals surface area (Å²) in [6.07, 6.45) is -3.85. The van der Waals surface area contributed by atoms with Crippen LogP contribution in [0, 0.1) is 5.92 Å². The quantitative estimate of drug-likeness (QED) is 0.828. The number of hydrogen-bond donors (Lipinski definition) is 1. The maximum atomic E-state index is 13.2. The van der Waals surface area contributed by atoms with Gasteiger partial charge in [-0.3, -0.25) is 9.59 Å². The number of amides is 2. The summed E-state index contributed by atoms with van der Waals surface area (Å²) in [5.41, 5.74) is -0.754. The number of nitrogens with zero attached hydrogens (tertiary/aromatic N) is 1. The number of carbonyl (C=O) groups is 2. The normalized spacial score (nSPS) is 15.1. The predicted octanol–water partition coefficient (Wildman–Crippen LogP) is 4.20. The van der Waals surface area contributed by atoms with Crippen molar-refractivity contribution in [3.8, 4) is 5.75 Å². The van der Waals surface area contributed by atoms with Crippen LogP contribution in [0.1, 0.15) is 28.8 Å². The molecule has 0 aliphatic carbocycles. The van der Waals surface area contributed by atoms with Crippen LogP contribution in [0.5, 0.6) is 5.75 Å². The second-order valence-corrected chi connectivity index (χ2v) is 6.80. The lowest BCUT2D eigenvalue weighted by Crippen LogP contribution is -2.42. The first kappa shape index (κ1) is 20.7. The third-order valence-electron chi connectivity index (χ3n) is 4.98. The van der Waals surface area contributed by atoms with Gasteiger partial charge in [0.1, 0.15) is 5.75 Å². The van der Waals surface area contributed by atoms with E-state index in [2.05, 4.69) is 5.32 Å². The van der Waals surface area contributed by atoms with Gasteiger partial charge in [0.05, 0.1) is 23.9 Å². The summed E-state index contributed by atoms with van der Waals surface area (Å²) in [5.74, 6) is -0.655. The van der Waals surface area contributed by atoms with Crippen LogP contribution in [0.15, 0.2) is 48.5 Å². The lowest BCUT2D eigenvalue weighted by Gasteiger charge is -2.32. The zero-order chi connectivity index (χ0) is 21.0. The second kappa shape index (κ2) is 8.55. The van der Waals surface area contributed by atoms with Gasteiger partial charge in [0.2, 0.25) is 5.91 Å². The molecule has 29 heavy (non-hydrogen) atoms. The van der Waals surface area contributed by atoms with Crippen LogP contribution in [0.3, 0.4) is 0 Å². The fourth-order valence-electron chi connectivity index (χ4n) is 3.41. The molecule has 0 atom stereocenters. The third-order valence-corrected chi connectivity index (χ3v) is 4.98. The molecule has 1 heterocycles. The summed E-state index contributed by atoms with van der Waals surface area (Å²) in [6, 6.07) is 11.8. The number of anilines is 1. The molecular weight excluding hydrogens is 385 g/mol. The van der Waals surface area contributed by atoms with Gasteiger partial charge in [-0.05, 0) is 37.1 Å². The molecule has 1 N–H and O–H groups in total. The first-order valence-electron chi connectivity index (χ1n) is 9.20. The van der Waals surface area contributed by atoms with Crippen LogP contribution in [0.2, 0.25) is 0 Å². The summed E-state index contributed by atoms with van der Waals surface area (Å²) >= 11 is 0. The third kappa shape index (κ3) is 4.70. The molecule has 0 bridgehead atoms. The summed E-state index contributed by atoms with van der Waals surface area (Å²) < 4.78 is 44.7. The zero-order valence-corrected chi connectivity index (χ0v) is 15.8. The summed E-state index contributed by atoms with van der Waals surface area (Å²) in [4.78, 5) is 26.5. The average molecular weight is 406 g/mol. The van der Waals surface area contributed by atoms with E-state index in [1.165, 1.54) is 30.2 Å². The van der Waals surface area contributed by atoms with Crippen LogP contribution in [-0.2, 0) is 11.0 Å². The number of hydrogen-bond acceptors (Lipinski definition) is 3. The lowest BCUT2D eigenvalue weighted by atomic mass is 9.94. The van der Waals surface area contributed by atoms with Gasteiger partial charge in [-0.15, -0.1) is 0 Å². The van der Waals surface area contributed by atoms with Crippen LogP contribution >= 0.6 is 0 Å². The molecule has 0 saturated carbocycles. The first-order valence-corrected chi connectivity index (χ1v) is 9.20. The molecule has 2 amide bonds. The highest BCUT2D eigenvalue weighted by Gasteiger charge is 2.37. The van der Waals surface area contributed by atoms with Gasteiger partial charge in [0.25, 0.3) is 5.91 Å². The van der Waals surface area contributed by atoms with E-state index in [1.54, 1.807) is 24.3 Å². The van der Waals surface area contributed by atoms with Crippen molar-refractivity contribution in [3.63, 3.8) is 0 Å². The standard InChI is InChI=1S/C21H21F3N2O3/c1-29-18-9-5-4-8-17(18)25-19(27)14-10-12-26(13-11-14)20(28)15-6-2-3-7-16(15)21(22,23)24/h2-9,14H,10-13H2,1H3,(H,25,27). The van der Waals surface area contributed by atoms with Gasteiger partial charge < -0.3 is 15.0 Å². The number of piperidine rings is 1. The number of likely N-dealkylation sites (tertiary alicyclic amines) is 1. The second-order valence-electron chi connectivity index (χ2n) is 6.80. The Hall–Kier alpha value is -3.03. The molecular formula is C21H21F3N2O3. The Labute approximate surface area is 166 Å². The molecule has 1 saturated heterocycles. The number of carbonyl (C=O) groups excluding carboxylic acids is 2. The molecule has 5 nitrogen and oxygen atoms in total. The van der Waals surface area contributed by atoms with Crippen LogP contribution in [0.25, 0.3) is 0 Å². The van der Waals surface area contributed by atoms with Gasteiger partial charge >= 0.3 is 6.18 Å². The minimum atomic E-state index is -4.60. The highest BCUT2D eigenvalue weighted by Crippen LogP contribution is 2.33. The fourth-order valence-corrected chi connectivity index (χ4v) is 3.41. The molecule has 0 radical (unpaired) electrons. The average Bonchev–Trinajstić information content (AvgIpc) is 2.73. The summed E-state index contributed by atoms with van der Waals surface area (Å²) in [5, 5.41) is 2.82. The Morgan fingerprint density at radius 2 is 1.66 bits per heavy atom. The Morgan fingerprint density at radius 3 is 2.31 bits per heavy atom. The van der Waals surface area contributed by atoms with Crippen LogP contribution in [-0.4, -0.2) is 36.9 Å². The molecule has 2 aromatic carbocycles. The van der Waals surface area contributed by atoms with E-state index in [0.717, 1.165) is 6.07 Å². The number of nitrogens with one attached hydrogen (secondary N) is 1. The van der Waals surface area contributed by atoms with Gasteiger partial charge in [0.15, 0.2) is 0 Å². The van der Waals surface area contributed by atoms with E-state index >= 15 is 0 Å². The fraction of sp³-hybridized carbons (Fsp3) is 0.333. The van der Waals surface area contributed by atoms with Crippen molar-refractivity contribution in [2.45, 2.75) is 19.0 Å². The maximum Gasteiger partial charge on any atom is 0.417 e. The number of para-hydroxylation sites is 2. The van der Waals surface area contributed by atoms with Crippen molar-refractivity contribution in [2.75, 3.05) is 25.5 Å². The highest BCUT2D eigenvalue weighted by molar-refractivity contribution is 5.97. The van der Waals surface area contributed by atoms with Gasteiger partial charge in [-0.1, -0.05) is 24.3 Å². The smallest absolute Gasteiger partial charge is 0.417 e. The van der Waals surface area contributed by atoms with Crippen molar-refractivity contribution in [1.82, 2.24) is 4.90 Å². The van der Waals surface area contributed by atoms with Gasteiger partial charge in [-0.2, -0.15) is 13.2 Å². The van der Waals surface area contributed by atoms with Crippen LogP contribution < -0.4 is 10.1 Å². The monoisotopic (exact) mass is 406 g/mol. The summed E-state index contributed by atoms with van der Waals surface area (Å²) in [6.45, 7) is 0.435. The van der Waals surface area contributed by atoms with Crippen molar-refractivity contribution >= 4 is 17.5 Å². The van der Waals surface area contributed by atoms with Crippen molar-refractivity contribution in [2.24, 2.45) is 5.92 Å². The molecule has 154 valence electrons. The van der Waals surface area contributed by atoms with E-state index in [4.69, 9.17) is 4.74 Å². The van der Waals surface area contributed by atoms with Crippen molar-refractivity contribution in [1.29, 1.82) is 0 Å². The molecule has 8 heteroatoms. The molecule has 1 fully saturated rings. The molecule has 0 spiro atoms. The Morgan fingerprint density at radius 1 is 1.03 bits per heavy atom. The molecule has 2 aromatic rings. The van der Waals surface area contributed by atoms with Gasteiger partial charge in [0, 0.05) is 19.0 Å². The summed E-state index contributed by atoms with van der Waals surface area (Å²) in [7, 11) is 1.51. The largest absolute Gasteiger partial charge is 0.495 e. The van der Waals surface area contributed by atoms with Crippen LogP contribution in [0.4, 0.5) is 18.9 Å². The molecule has 0 aromatic heterocycles. The number of ether oxygens (including phenoxy) is 1. The van der Waals surface area contributed by atoms with E-state index < -0.39 is 17.6 Å². The Bertz CT molecular complexity index is 891. The minimum absolute atomic E-state index is 0.197. The van der Waals surface area contributed by atoms with E-state index in [0.29, 0.717) is 24.3 Å². The van der Waals surface area contributed by atoms with Crippen molar-refractivity contribution < 1.29 is 27.5 Å². The first-order chi connectivity index (χ1) is 13.8. The number of methoxy groups -OCH3 is 1. The molecule has 3 rings (SSSR count). The predicted molar refractivity (Wildman–Crippen MR) is 102 cm³/mol. The Kier molecular flexibility index (Phi) is 6.10. The van der Waals surface area contributed by atoms with E-state index in [9.17, 15) is 22.8 Å². The zero-order valence-electron chi connectivity index (χ0n) is 15.8.